The van der Waals surface area contributed by atoms with Gasteiger partial charge in [0, 0.05) is 0 Å². The van der Waals surface area contributed by atoms with E-state index in [1.54, 1.807) is 28.2 Å². The number of carbonyl (C=O) groups is 4. The third-order valence-corrected chi connectivity index (χ3v) is 10.3. The van der Waals surface area contributed by atoms with Crippen molar-refractivity contribution in [3.63, 3.8) is 0 Å². The van der Waals surface area contributed by atoms with Crippen LogP contribution in [-0.4, -0.2) is 125 Å². The van der Waals surface area contributed by atoms with Gasteiger partial charge >= 0.3 is 183 Å². The maximum atomic E-state index is 12.3. The van der Waals surface area contributed by atoms with E-state index in [9.17, 15) is 19.2 Å². The van der Waals surface area contributed by atoms with Gasteiger partial charge in [0.1, 0.15) is 0 Å². The minimum atomic E-state index is -3.74. The number of urea groups is 4. The van der Waals surface area contributed by atoms with Gasteiger partial charge in [-0.3, -0.25) is 0 Å². The Hall–Kier alpha value is -2.20. The molecule has 0 atom stereocenters. The van der Waals surface area contributed by atoms with Crippen LogP contribution in [0.5, 0.6) is 0 Å². The average molecular weight is 471 g/mol. The van der Waals surface area contributed by atoms with Gasteiger partial charge < -0.3 is 0 Å². The average Bonchev–Trinajstić information content (AvgIpc) is 2.70. The fourth-order valence-corrected chi connectivity index (χ4v) is 10.6. The van der Waals surface area contributed by atoms with E-state index < -0.39 is 5.96 Å². The topological polar surface area (TPSA) is 129 Å². The van der Waals surface area contributed by atoms with E-state index in [0.717, 1.165) is 0 Å². The summed E-state index contributed by atoms with van der Waals surface area (Å²) >= 11 is 7.43. The molecule has 4 N–H and O–H groups in total. The van der Waals surface area contributed by atoms with Gasteiger partial charge in [0.25, 0.3) is 0 Å². The first-order valence-electron chi connectivity index (χ1n) is 9.20. The molecule has 0 unspecified atom stereocenters. The zero-order valence-electron chi connectivity index (χ0n) is 19.1. The molecule has 0 saturated carbocycles. The third kappa shape index (κ3) is 7.56. The summed E-state index contributed by atoms with van der Waals surface area (Å²) in [5.41, 5.74) is 0. The van der Waals surface area contributed by atoms with Crippen molar-refractivity contribution in [2.45, 2.75) is 0 Å². The Bertz CT molecular complexity index is 545. The number of amides is 8. The summed E-state index contributed by atoms with van der Waals surface area (Å²) in [5, 5.41) is 10.1. The predicted octanol–water partition coefficient (Wildman–Crippen LogP) is 0.608. The quantitative estimate of drug-likeness (QED) is 0.387. The number of hydrogen-bond donors (Lipinski definition) is 4. The molecule has 0 radical (unpaired) electrons. The molecule has 0 spiro atoms. The van der Waals surface area contributed by atoms with Crippen molar-refractivity contribution in [2.24, 2.45) is 0 Å². The molecule has 0 aliphatic carbocycles. The van der Waals surface area contributed by atoms with Crippen LogP contribution < -0.4 is 21.3 Å². The van der Waals surface area contributed by atoms with Gasteiger partial charge in [-0.25, -0.2) is 0 Å². The monoisotopic (exact) mass is 470 g/mol. The first-order chi connectivity index (χ1) is 13.8. The van der Waals surface area contributed by atoms with E-state index in [0.29, 0.717) is 0 Å². The number of halogens is 1. The van der Waals surface area contributed by atoms with Gasteiger partial charge in [-0.05, 0) is 0 Å². The van der Waals surface area contributed by atoms with Crippen LogP contribution in [0.3, 0.4) is 0 Å². The Labute approximate surface area is 183 Å². The molecule has 0 aliphatic heterocycles. The third-order valence-electron chi connectivity index (χ3n) is 4.50. The fourth-order valence-electron chi connectivity index (χ4n) is 3.41. The summed E-state index contributed by atoms with van der Waals surface area (Å²) in [7, 11) is 12.3. The second-order valence-electron chi connectivity index (χ2n) is 7.40. The zero-order valence-corrected chi connectivity index (χ0v) is 20.7. The van der Waals surface area contributed by atoms with Crippen LogP contribution in [0.25, 0.3) is 0 Å². The van der Waals surface area contributed by atoms with Crippen molar-refractivity contribution in [1.82, 2.24) is 40.9 Å². The Balaban J connectivity index is 6.46. The molecule has 14 heteroatoms. The predicted molar refractivity (Wildman–Crippen MR) is 121 cm³/mol. The fraction of sp³-hybridized carbons (Fsp3) is 0.750. The molecule has 0 aromatic carbocycles. The molecule has 0 rings (SSSR count). The van der Waals surface area contributed by atoms with Crippen LogP contribution in [0, 0.1) is 0 Å². The van der Waals surface area contributed by atoms with Gasteiger partial charge in [-0.1, -0.05) is 0 Å². The van der Waals surface area contributed by atoms with Gasteiger partial charge in [0.05, 0.1) is 0 Å². The Morgan fingerprint density at radius 2 is 0.733 bits per heavy atom. The first-order valence-corrected chi connectivity index (χ1v) is 13.1. The van der Waals surface area contributed by atoms with E-state index in [4.69, 9.17) is 11.2 Å². The molecule has 0 saturated heterocycles. The summed E-state index contributed by atoms with van der Waals surface area (Å²) < 4.78 is 0. The van der Waals surface area contributed by atoms with Crippen LogP contribution in [0.4, 0.5) is 19.2 Å². The van der Waals surface area contributed by atoms with Crippen molar-refractivity contribution in [3.8, 4) is 0 Å². The molecule has 176 valence electrons. The molecule has 8 amide bonds. The maximum absolute atomic E-state index is 12.3. The summed E-state index contributed by atoms with van der Waals surface area (Å²) in [6.07, 6.45) is 0.210. The van der Waals surface area contributed by atoms with Crippen LogP contribution in [0.2, 0.25) is 0 Å². The van der Waals surface area contributed by atoms with Crippen LogP contribution in [-0.2, 0) is 0 Å². The van der Waals surface area contributed by atoms with Crippen LogP contribution >= 0.6 is 17.2 Å². The van der Waals surface area contributed by atoms with Crippen molar-refractivity contribution >= 4 is 41.3 Å². The SMILES string of the molecule is CNC(=O)N(C)CP(Cl)(CN(C)C(=O)NC)(CN(C)C(=O)NC)CN(C)C(=O)NC. The molecule has 0 fully saturated rings. The van der Waals surface area contributed by atoms with E-state index in [-0.39, 0.29) is 49.3 Å². The normalized spacial score (nSPS) is 12.0. The molecule has 0 heterocycles. The van der Waals surface area contributed by atoms with E-state index in [2.05, 4.69) is 21.3 Å². The molecule has 0 bridgehead atoms. The van der Waals surface area contributed by atoms with Crippen LogP contribution in [0.1, 0.15) is 0 Å². The molecule has 0 aromatic heterocycles. The molecule has 0 aliphatic rings. The number of hydrogen-bond acceptors (Lipinski definition) is 4. The Morgan fingerprint density at radius 1 is 0.567 bits per heavy atom. The second kappa shape index (κ2) is 11.3. The number of nitrogens with zero attached hydrogens (tertiary/aromatic N) is 4. The summed E-state index contributed by atoms with van der Waals surface area (Å²) in [6, 6.07) is -1.51. The second-order valence-corrected chi connectivity index (χ2v) is 15.0. The van der Waals surface area contributed by atoms with E-state index in [1.807, 2.05) is 0 Å². The van der Waals surface area contributed by atoms with Crippen LogP contribution in [0.15, 0.2) is 0 Å². The van der Waals surface area contributed by atoms with Crippen molar-refractivity contribution in [3.05, 3.63) is 0 Å². The van der Waals surface area contributed by atoms with Crippen molar-refractivity contribution < 1.29 is 19.2 Å². The molecular weight excluding hydrogens is 435 g/mol. The molecule has 0 aromatic rings. The number of rotatable bonds is 8. The number of carbonyl (C=O) groups excluding carboxylic acids is 4. The van der Waals surface area contributed by atoms with E-state index >= 15 is 0 Å². The first kappa shape index (κ1) is 27.8. The Morgan fingerprint density at radius 3 is 0.867 bits per heavy atom. The summed E-state index contributed by atoms with van der Waals surface area (Å²) in [6.45, 7) is 0. The summed E-state index contributed by atoms with van der Waals surface area (Å²) in [5.74, 6) is -3.74. The molecule has 30 heavy (non-hydrogen) atoms. The van der Waals surface area contributed by atoms with Gasteiger partial charge in [-0.15, -0.1) is 0 Å². The Kier molecular flexibility index (Phi) is 10.4. The molecular formula is C16H36ClN8O4P. The molecule has 12 nitrogen and oxygen atoms in total. The summed E-state index contributed by atoms with van der Waals surface area (Å²) in [4.78, 5) is 54.6. The standard InChI is InChI=1S/C16H36ClN8O4P/c1-18-13(26)22(5)9-30(17,10-23(6)14(27)19-2,11-24(7)15(28)20-3)12-25(8)16(29)21-4/h9-12H2,1-8H3,(H,18,26)(H,19,27)(H,20,28)(H,21,29). The van der Waals surface area contributed by atoms with Gasteiger partial charge in [-0.2, -0.15) is 0 Å². The minimum absolute atomic E-state index is 0.0524. The van der Waals surface area contributed by atoms with Crippen molar-refractivity contribution in [2.75, 3.05) is 81.5 Å². The number of nitrogens with one attached hydrogen (secondary N) is 4. The van der Waals surface area contributed by atoms with Crippen molar-refractivity contribution in [1.29, 1.82) is 0 Å². The zero-order chi connectivity index (χ0) is 23.7. The van der Waals surface area contributed by atoms with E-state index in [1.165, 1.54) is 47.8 Å². The van der Waals surface area contributed by atoms with Gasteiger partial charge in [0.15, 0.2) is 0 Å². The van der Waals surface area contributed by atoms with Gasteiger partial charge in [0.2, 0.25) is 0 Å².